The largest absolute Gasteiger partial charge is 0.462 e. The summed E-state index contributed by atoms with van der Waals surface area (Å²) in [4.78, 5) is 17.1. The lowest BCUT2D eigenvalue weighted by Gasteiger charge is -2.29. The fourth-order valence-corrected chi connectivity index (χ4v) is 6.81. The van der Waals surface area contributed by atoms with E-state index >= 15 is 0 Å². The fraction of sp³-hybridized carbons (Fsp3) is 0.417. The van der Waals surface area contributed by atoms with E-state index in [9.17, 15) is 21.6 Å². The Bertz CT molecular complexity index is 1470. The molecule has 0 saturated heterocycles. The molecule has 2 aromatic heterocycles. The summed E-state index contributed by atoms with van der Waals surface area (Å²) in [5.74, 6) is -0.989. The normalized spacial score (nSPS) is 18.8. The number of anilines is 1. The summed E-state index contributed by atoms with van der Waals surface area (Å²) in [5, 5.41) is 3.82. The molecular weight excluding hydrogens is 506 g/mol. The van der Waals surface area contributed by atoms with Crippen molar-refractivity contribution < 1.29 is 30.9 Å². The molecule has 0 aliphatic heterocycles. The molecule has 0 amide bonds. The number of nitrogens with zero attached hydrogens (tertiary/aromatic N) is 2. The minimum absolute atomic E-state index is 0.0847. The van der Waals surface area contributed by atoms with Crippen LogP contribution in [0.2, 0.25) is 0 Å². The molecule has 194 valence electrons. The van der Waals surface area contributed by atoms with Gasteiger partial charge in [0.2, 0.25) is 0 Å². The molecule has 2 heterocycles. The summed E-state index contributed by atoms with van der Waals surface area (Å²) in [6.45, 7) is 3.73. The molecule has 10 nitrogen and oxygen atoms in total. The summed E-state index contributed by atoms with van der Waals surface area (Å²) in [6, 6.07) is 8.02. The third-order valence-electron chi connectivity index (χ3n) is 6.40. The number of hydrogen-bond donors (Lipinski definition) is 2. The number of hydrogen-bond acceptors (Lipinski definition) is 8. The van der Waals surface area contributed by atoms with Crippen molar-refractivity contribution in [2.24, 2.45) is 5.92 Å². The molecule has 4 rings (SSSR count). The SMILES string of the molecule is CCOC(=O)c1cnc2c(ccn2S(=O)(=O)c2ccc(C)cc2)c1NC1CCC(CS(=O)(=O)O)CC1. The molecule has 1 aliphatic rings. The van der Waals surface area contributed by atoms with E-state index in [1.165, 1.54) is 24.5 Å². The first-order valence-corrected chi connectivity index (χ1v) is 14.8. The lowest BCUT2D eigenvalue weighted by atomic mass is 9.87. The maximum absolute atomic E-state index is 13.3. The quantitative estimate of drug-likeness (QED) is 0.326. The third-order valence-corrected chi connectivity index (χ3v) is 8.97. The number of fused-ring (bicyclic) bond motifs is 1. The second kappa shape index (κ2) is 10.2. The van der Waals surface area contributed by atoms with Crippen molar-refractivity contribution >= 4 is 42.8 Å². The number of rotatable bonds is 8. The van der Waals surface area contributed by atoms with Crippen LogP contribution >= 0.6 is 0 Å². The van der Waals surface area contributed by atoms with Crippen LogP contribution in [0.3, 0.4) is 0 Å². The van der Waals surface area contributed by atoms with Crippen molar-refractivity contribution in [3.8, 4) is 0 Å². The molecule has 0 radical (unpaired) electrons. The zero-order chi connectivity index (χ0) is 26.1. The van der Waals surface area contributed by atoms with Gasteiger partial charge in [0, 0.05) is 23.8 Å². The van der Waals surface area contributed by atoms with Crippen molar-refractivity contribution in [3.05, 3.63) is 53.9 Å². The standard InChI is InChI=1S/C24H29N3O7S2/c1-3-34-24(28)21-14-25-23-20(12-13-27(23)36(32,33)19-10-4-16(2)5-11-19)22(21)26-18-8-6-17(7-9-18)15-35(29,30)31/h4-5,10-14,17-18H,3,6-9,15H2,1-2H3,(H,25,26)(H,29,30,31). The Morgan fingerprint density at radius 1 is 1.11 bits per heavy atom. The monoisotopic (exact) mass is 535 g/mol. The topological polar surface area (TPSA) is 145 Å². The van der Waals surface area contributed by atoms with Crippen LogP contribution in [0.4, 0.5) is 5.69 Å². The lowest BCUT2D eigenvalue weighted by Crippen LogP contribution is -2.29. The van der Waals surface area contributed by atoms with Crippen molar-refractivity contribution in [2.75, 3.05) is 17.7 Å². The summed E-state index contributed by atoms with van der Waals surface area (Å²) in [5.41, 5.74) is 1.72. The maximum Gasteiger partial charge on any atom is 0.341 e. The van der Waals surface area contributed by atoms with Crippen molar-refractivity contribution in [2.45, 2.75) is 50.5 Å². The van der Waals surface area contributed by atoms with Gasteiger partial charge in [-0.2, -0.15) is 8.42 Å². The van der Waals surface area contributed by atoms with Gasteiger partial charge in [0.1, 0.15) is 5.56 Å². The van der Waals surface area contributed by atoms with Gasteiger partial charge in [-0.05, 0) is 63.6 Å². The Morgan fingerprint density at radius 3 is 2.39 bits per heavy atom. The zero-order valence-corrected chi connectivity index (χ0v) is 21.7. The fourth-order valence-electron chi connectivity index (χ4n) is 4.58. The van der Waals surface area contributed by atoms with E-state index in [0.717, 1.165) is 9.54 Å². The maximum atomic E-state index is 13.3. The highest BCUT2D eigenvalue weighted by Crippen LogP contribution is 2.34. The average Bonchev–Trinajstić information content (AvgIpc) is 3.25. The van der Waals surface area contributed by atoms with E-state index in [2.05, 4.69) is 10.3 Å². The molecule has 3 aromatic rings. The number of nitrogens with one attached hydrogen (secondary N) is 1. The molecule has 12 heteroatoms. The number of aromatic nitrogens is 2. The average molecular weight is 536 g/mol. The third kappa shape index (κ3) is 5.55. The highest BCUT2D eigenvalue weighted by molar-refractivity contribution is 7.90. The van der Waals surface area contributed by atoms with Crippen LogP contribution < -0.4 is 5.32 Å². The Labute approximate surface area is 210 Å². The number of carbonyl (C=O) groups excluding carboxylic acids is 1. The van der Waals surface area contributed by atoms with Crippen molar-refractivity contribution in [1.82, 2.24) is 8.96 Å². The molecule has 0 spiro atoms. The van der Waals surface area contributed by atoms with Gasteiger partial charge in [-0.25, -0.2) is 22.2 Å². The molecule has 36 heavy (non-hydrogen) atoms. The van der Waals surface area contributed by atoms with E-state index in [0.29, 0.717) is 36.8 Å². The molecule has 2 N–H and O–H groups in total. The molecule has 1 fully saturated rings. The predicted molar refractivity (Wildman–Crippen MR) is 135 cm³/mol. The van der Waals surface area contributed by atoms with Gasteiger partial charge < -0.3 is 10.1 Å². The van der Waals surface area contributed by atoms with E-state index in [1.54, 1.807) is 25.1 Å². The number of ether oxygens (including phenoxy) is 1. The number of pyridine rings is 1. The molecule has 1 aliphatic carbocycles. The highest BCUT2D eigenvalue weighted by Gasteiger charge is 2.28. The summed E-state index contributed by atoms with van der Waals surface area (Å²) in [7, 11) is -7.97. The predicted octanol–water partition coefficient (Wildman–Crippen LogP) is 3.62. The van der Waals surface area contributed by atoms with Crippen LogP contribution in [0.1, 0.15) is 48.5 Å². The Balaban J connectivity index is 1.70. The molecule has 1 saturated carbocycles. The highest BCUT2D eigenvalue weighted by atomic mass is 32.2. The van der Waals surface area contributed by atoms with Gasteiger partial charge in [0.25, 0.3) is 20.1 Å². The number of aryl methyl sites for hydroxylation is 1. The Hall–Kier alpha value is -2.96. The van der Waals surface area contributed by atoms with E-state index in [-0.39, 0.29) is 40.4 Å². The number of carbonyl (C=O) groups is 1. The molecule has 0 bridgehead atoms. The van der Waals surface area contributed by atoms with Gasteiger partial charge in [-0.3, -0.25) is 4.55 Å². The van der Waals surface area contributed by atoms with Crippen LogP contribution in [-0.2, 0) is 24.9 Å². The summed E-state index contributed by atoms with van der Waals surface area (Å²) < 4.78 is 64.6. The first-order chi connectivity index (χ1) is 17.0. The van der Waals surface area contributed by atoms with E-state index in [4.69, 9.17) is 9.29 Å². The van der Waals surface area contributed by atoms with Gasteiger partial charge in [0.05, 0.1) is 22.9 Å². The molecule has 0 unspecified atom stereocenters. The second-order valence-corrected chi connectivity index (χ2v) is 12.4. The zero-order valence-electron chi connectivity index (χ0n) is 20.0. The molecule has 0 atom stereocenters. The molecule has 1 aromatic carbocycles. The van der Waals surface area contributed by atoms with Gasteiger partial charge in [-0.1, -0.05) is 17.7 Å². The second-order valence-electron chi connectivity index (χ2n) is 9.04. The molecular formula is C24H29N3O7S2. The van der Waals surface area contributed by atoms with Crippen molar-refractivity contribution in [3.63, 3.8) is 0 Å². The summed E-state index contributed by atoms with van der Waals surface area (Å²) in [6.07, 6.45) is 5.14. The summed E-state index contributed by atoms with van der Waals surface area (Å²) >= 11 is 0. The van der Waals surface area contributed by atoms with Crippen LogP contribution in [-0.4, -0.2) is 54.7 Å². The van der Waals surface area contributed by atoms with Gasteiger partial charge >= 0.3 is 5.97 Å². The number of esters is 1. The Kier molecular flexibility index (Phi) is 7.39. The smallest absolute Gasteiger partial charge is 0.341 e. The van der Waals surface area contributed by atoms with Crippen LogP contribution in [0, 0.1) is 12.8 Å². The first-order valence-electron chi connectivity index (χ1n) is 11.7. The van der Waals surface area contributed by atoms with Gasteiger partial charge in [-0.15, -0.1) is 0 Å². The van der Waals surface area contributed by atoms with Crippen LogP contribution in [0.5, 0.6) is 0 Å². The van der Waals surface area contributed by atoms with Crippen LogP contribution in [0.15, 0.2) is 47.6 Å². The minimum atomic E-state index is -4.04. The first kappa shape index (κ1) is 26.1. The van der Waals surface area contributed by atoms with Crippen LogP contribution in [0.25, 0.3) is 11.0 Å². The Morgan fingerprint density at radius 2 is 1.78 bits per heavy atom. The van der Waals surface area contributed by atoms with Gasteiger partial charge in [0.15, 0.2) is 5.65 Å². The van der Waals surface area contributed by atoms with E-state index < -0.39 is 26.1 Å². The number of benzene rings is 1. The lowest BCUT2D eigenvalue weighted by molar-refractivity contribution is 0.0527. The van der Waals surface area contributed by atoms with E-state index in [1.807, 2.05) is 6.92 Å². The minimum Gasteiger partial charge on any atom is -0.462 e. The van der Waals surface area contributed by atoms with Crippen molar-refractivity contribution in [1.29, 1.82) is 0 Å².